The van der Waals surface area contributed by atoms with Crippen LogP contribution >= 0.6 is 0 Å². The second-order valence-electron chi connectivity index (χ2n) is 10.9. The molecule has 0 amide bonds. The maximum Gasteiger partial charge on any atom is 0.223 e. The minimum absolute atomic E-state index is 0.0306. The highest BCUT2D eigenvalue weighted by Gasteiger charge is 2.42. The summed E-state index contributed by atoms with van der Waals surface area (Å²) in [5.74, 6) is 2.11. The van der Waals surface area contributed by atoms with Gasteiger partial charge in [-0.05, 0) is 68.6 Å². The third-order valence-corrected chi connectivity index (χ3v) is 8.42. The van der Waals surface area contributed by atoms with E-state index < -0.39 is 0 Å². The third kappa shape index (κ3) is 3.88. The number of ether oxygens (including phenoxy) is 1. The van der Waals surface area contributed by atoms with Gasteiger partial charge in [0.2, 0.25) is 11.7 Å². The number of rotatable bonds is 4. The Morgan fingerprint density at radius 1 is 0.949 bits per heavy atom. The summed E-state index contributed by atoms with van der Waals surface area (Å²) in [6.07, 6.45) is 2.10. The van der Waals surface area contributed by atoms with Crippen molar-refractivity contribution < 1.29 is 14.1 Å². The molecule has 2 N–H and O–H groups in total. The van der Waals surface area contributed by atoms with Gasteiger partial charge in [-0.2, -0.15) is 4.98 Å². The number of carbonyl (C=O) groups excluding carboxylic acids is 1. The lowest BCUT2D eigenvalue weighted by molar-refractivity contribution is 0.103. The fraction of sp³-hybridized carbons (Fsp3) is 0.281. The molecule has 1 fully saturated rings. The molecule has 7 heteroatoms. The molecular weight excluding hydrogens is 488 g/mol. The Labute approximate surface area is 226 Å². The number of fused-ring (bicyclic) bond motifs is 3. The molecule has 2 aliphatic rings. The highest BCUT2D eigenvalue weighted by Crippen LogP contribution is 2.46. The molecule has 1 spiro atoms. The van der Waals surface area contributed by atoms with Crippen molar-refractivity contribution >= 4 is 16.7 Å². The van der Waals surface area contributed by atoms with Gasteiger partial charge in [0.15, 0.2) is 5.78 Å². The molecule has 5 aromatic rings. The minimum atomic E-state index is 0.0306. The lowest BCUT2D eigenvalue weighted by atomic mass is 9.74. The first-order valence-electron chi connectivity index (χ1n) is 13.5. The molecule has 0 atom stereocenters. The molecule has 1 saturated heterocycles. The Bertz CT molecular complexity index is 1740. The Balaban J connectivity index is 1.21. The zero-order valence-corrected chi connectivity index (χ0v) is 22.4. The van der Waals surface area contributed by atoms with Crippen LogP contribution in [-0.2, 0) is 5.41 Å². The van der Waals surface area contributed by atoms with Crippen LogP contribution in [0.2, 0.25) is 0 Å². The topological polar surface area (TPSA) is 93.0 Å². The van der Waals surface area contributed by atoms with Gasteiger partial charge >= 0.3 is 0 Å². The summed E-state index contributed by atoms with van der Waals surface area (Å²) in [7, 11) is 0. The molecule has 39 heavy (non-hydrogen) atoms. The summed E-state index contributed by atoms with van der Waals surface area (Å²) in [6, 6.07) is 18.3. The van der Waals surface area contributed by atoms with E-state index in [2.05, 4.69) is 51.6 Å². The Hall–Kier alpha value is -4.23. The van der Waals surface area contributed by atoms with Crippen LogP contribution in [0.15, 0.2) is 59.1 Å². The number of aromatic amines is 1. The average Bonchev–Trinajstić information content (AvgIpc) is 3.62. The van der Waals surface area contributed by atoms with E-state index in [1.165, 1.54) is 5.56 Å². The zero-order chi connectivity index (χ0) is 26.7. The van der Waals surface area contributed by atoms with Gasteiger partial charge in [0.25, 0.3) is 0 Å². The number of carbonyl (C=O) groups is 1. The van der Waals surface area contributed by atoms with Crippen molar-refractivity contribution in [1.82, 2.24) is 20.4 Å². The third-order valence-electron chi connectivity index (χ3n) is 8.42. The number of nitrogens with one attached hydrogen (secondary N) is 2. The van der Waals surface area contributed by atoms with Crippen molar-refractivity contribution in [3.05, 3.63) is 88.4 Å². The van der Waals surface area contributed by atoms with Crippen molar-refractivity contribution in [3.8, 4) is 28.3 Å². The summed E-state index contributed by atoms with van der Waals surface area (Å²) < 4.78 is 11.3. The van der Waals surface area contributed by atoms with Gasteiger partial charge in [-0.1, -0.05) is 41.6 Å². The van der Waals surface area contributed by atoms with E-state index in [0.717, 1.165) is 82.7 Å². The average molecular weight is 519 g/mol. The number of aryl methyl sites for hydroxylation is 3. The van der Waals surface area contributed by atoms with Crippen molar-refractivity contribution in [2.45, 2.75) is 39.0 Å². The van der Waals surface area contributed by atoms with Crippen LogP contribution in [0.3, 0.4) is 0 Å². The molecule has 0 radical (unpaired) electrons. The number of hydrogen-bond acceptors (Lipinski definition) is 6. The summed E-state index contributed by atoms with van der Waals surface area (Å²) in [5, 5.41) is 8.46. The first kappa shape index (κ1) is 23.9. The fourth-order valence-corrected chi connectivity index (χ4v) is 6.28. The zero-order valence-electron chi connectivity index (χ0n) is 22.4. The monoisotopic (exact) mass is 518 g/mol. The molecule has 0 aliphatic carbocycles. The predicted octanol–water partition coefficient (Wildman–Crippen LogP) is 6.05. The van der Waals surface area contributed by atoms with E-state index in [4.69, 9.17) is 9.26 Å². The van der Waals surface area contributed by atoms with Crippen LogP contribution in [0, 0.1) is 20.8 Å². The molecule has 0 saturated carbocycles. The predicted molar refractivity (Wildman–Crippen MR) is 150 cm³/mol. The maximum absolute atomic E-state index is 13.8. The number of aromatic nitrogens is 3. The quantitative estimate of drug-likeness (QED) is 0.281. The molecule has 3 aromatic carbocycles. The SMILES string of the molecule is Cc1nc(-c2ccc(-c3ccc(C(=O)c4c(C)[nH]c5cc6c(cc45)C4(CCNCC4)CO6)cc3)c(C)c2)no1. The first-order chi connectivity index (χ1) is 18.9. The van der Waals surface area contributed by atoms with Gasteiger partial charge in [-0.15, -0.1) is 0 Å². The summed E-state index contributed by atoms with van der Waals surface area (Å²) in [5.41, 5.74) is 8.70. The lowest BCUT2D eigenvalue weighted by Gasteiger charge is -2.32. The van der Waals surface area contributed by atoms with Gasteiger partial charge in [-0.25, -0.2) is 0 Å². The van der Waals surface area contributed by atoms with E-state index in [0.29, 0.717) is 17.3 Å². The Morgan fingerprint density at radius 2 is 1.72 bits per heavy atom. The second-order valence-corrected chi connectivity index (χ2v) is 10.9. The van der Waals surface area contributed by atoms with E-state index in [9.17, 15) is 4.79 Å². The van der Waals surface area contributed by atoms with Crippen molar-refractivity contribution in [3.63, 3.8) is 0 Å². The van der Waals surface area contributed by atoms with E-state index >= 15 is 0 Å². The standard InChI is InChI=1S/C32H30N4O3/c1-18-14-23(31-35-20(3)39-36-31)8-9-24(18)21-4-6-22(7-5-21)30(37)29-19(2)34-27-16-28-26(15-25(27)29)32(17-38-28)10-12-33-13-11-32/h4-9,14-16,33-34H,10-13,17H2,1-3H3. The Kier molecular flexibility index (Phi) is 5.45. The Morgan fingerprint density at radius 3 is 2.44 bits per heavy atom. The molecule has 0 unspecified atom stereocenters. The van der Waals surface area contributed by atoms with Crippen LogP contribution in [0.25, 0.3) is 33.4 Å². The molecule has 7 rings (SSSR count). The summed E-state index contributed by atoms with van der Waals surface area (Å²) in [4.78, 5) is 21.6. The van der Waals surface area contributed by atoms with Crippen LogP contribution in [0.5, 0.6) is 5.75 Å². The maximum atomic E-state index is 13.8. The summed E-state index contributed by atoms with van der Waals surface area (Å²) >= 11 is 0. The van der Waals surface area contributed by atoms with Crippen LogP contribution in [0.1, 0.15) is 51.5 Å². The minimum Gasteiger partial charge on any atom is -0.492 e. The van der Waals surface area contributed by atoms with Crippen LogP contribution in [-0.4, -0.2) is 40.6 Å². The van der Waals surface area contributed by atoms with Gasteiger partial charge in [-0.3, -0.25) is 4.79 Å². The van der Waals surface area contributed by atoms with Gasteiger partial charge < -0.3 is 19.6 Å². The molecule has 0 bridgehead atoms. The highest BCUT2D eigenvalue weighted by atomic mass is 16.5. The van der Waals surface area contributed by atoms with Crippen molar-refractivity contribution in [2.75, 3.05) is 19.7 Å². The van der Waals surface area contributed by atoms with E-state index in [-0.39, 0.29) is 11.2 Å². The van der Waals surface area contributed by atoms with Crippen LogP contribution < -0.4 is 10.1 Å². The molecule has 2 aromatic heterocycles. The number of H-pyrrole nitrogens is 1. The molecule has 7 nitrogen and oxygen atoms in total. The molecule has 4 heterocycles. The number of benzene rings is 3. The smallest absolute Gasteiger partial charge is 0.223 e. The molecular formula is C32H30N4O3. The normalized spacial score (nSPS) is 16.0. The molecule has 196 valence electrons. The molecule has 2 aliphatic heterocycles. The lowest BCUT2D eigenvalue weighted by Crippen LogP contribution is -2.40. The van der Waals surface area contributed by atoms with Gasteiger partial charge in [0, 0.05) is 46.2 Å². The van der Waals surface area contributed by atoms with Gasteiger partial charge in [0.1, 0.15) is 5.75 Å². The van der Waals surface area contributed by atoms with Crippen molar-refractivity contribution in [2.24, 2.45) is 0 Å². The number of hydrogen-bond donors (Lipinski definition) is 2. The first-order valence-corrected chi connectivity index (χ1v) is 13.5. The van der Waals surface area contributed by atoms with E-state index in [1.54, 1.807) is 6.92 Å². The van der Waals surface area contributed by atoms with Gasteiger partial charge in [0.05, 0.1) is 17.7 Å². The number of nitrogens with zero attached hydrogens (tertiary/aromatic N) is 2. The van der Waals surface area contributed by atoms with Crippen molar-refractivity contribution in [1.29, 1.82) is 0 Å². The van der Waals surface area contributed by atoms with E-state index in [1.807, 2.05) is 37.3 Å². The summed E-state index contributed by atoms with van der Waals surface area (Å²) in [6.45, 7) is 8.52. The fourth-order valence-electron chi connectivity index (χ4n) is 6.28. The second kappa shape index (κ2) is 8.92. The highest BCUT2D eigenvalue weighted by molar-refractivity contribution is 6.17. The number of ketones is 1. The van der Waals surface area contributed by atoms with Crippen LogP contribution in [0.4, 0.5) is 0 Å². The number of piperidine rings is 1. The largest absolute Gasteiger partial charge is 0.492 e.